The van der Waals surface area contributed by atoms with Crippen LogP contribution in [0.25, 0.3) is 0 Å². The summed E-state index contributed by atoms with van der Waals surface area (Å²) < 4.78 is 41.5. The number of likely N-dealkylation sites (N-methyl/N-ethyl adjacent to an activating group) is 1. The van der Waals surface area contributed by atoms with Gasteiger partial charge < -0.3 is 63.3 Å². The van der Waals surface area contributed by atoms with Crippen molar-refractivity contribution >= 4 is 18.0 Å². The van der Waals surface area contributed by atoms with E-state index in [2.05, 4.69) is 0 Å². The number of aliphatic hydroxyl groups excluding tert-OH is 4. The highest BCUT2D eigenvalue weighted by atomic mass is 16.7. The number of esters is 1. The lowest BCUT2D eigenvalue weighted by molar-refractivity contribution is -0.304. The summed E-state index contributed by atoms with van der Waals surface area (Å²) in [5.74, 6) is -3.12. The lowest BCUT2D eigenvalue weighted by Crippen LogP contribution is -2.63. The van der Waals surface area contributed by atoms with E-state index in [-0.39, 0.29) is 37.6 Å². The number of nitrogens with zero attached hydrogens (tertiary/aromatic N) is 1. The van der Waals surface area contributed by atoms with E-state index in [0.717, 1.165) is 11.9 Å². The Bertz CT molecular complexity index is 1280. The molecule has 55 heavy (non-hydrogen) atoms. The molecule has 4 unspecified atom stereocenters. The molecule has 0 radical (unpaired) electrons. The van der Waals surface area contributed by atoms with Gasteiger partial charge in [-0.3, -0.25) is 9.59 Å². The van der Waals surface area contributed by atoms with Gasteiger partial charge in [-0.05, 0) is 66.1 Å². The number of carbonyl (C=O) groups excluding carboxylic acids is 3. The van der Waals surface area contributed by atoms with Crippen LogP contribution in [0.15, 0.2) is 23.8 Å². The Balaban J connectivity index is 1.92. The molecule has 3 aliphatic rings. The van der Waals surface area contributed by atoms with Crippen LogP contribution in [0, 0.1) is 23.7 Å². The van der Waals surface area contributed by atoms with Crippen molar-refractivity contribution in [3.8, 4) is 0 Å². The second-order valence-electron chi connectivity index (χ2n) is 15.7. The number of cyclic esters (lactones) is 1. The van der Waals surface area contributed by atoms with E-state index in [4.69, 9.17) is 33.2 Å². The first-order valence-electron chi connectivity index (χ1n) is 19.5. The third-order valence-corrected chi connectivity index (χ3v) is 11.4. The number of methoxy groups -OCH3 is 2. The standard InChI is InChI=1S/C40H67NO14/c1-11-30-26(15-17-51-40-38(50-10)37(49-9)34(47)25(6)53-40)18-21(2)12-13-28(43)22(3)19-27(14-16-42)36(23(4)29(44)20-31(45)54-30)55-39-35(48)32(41(7)8)33(46)24(5)52-39/h12-13,16,18,22-27,29-30,32-40,44,46-48H,11,14-15,17,19-20H2,1-10H3/b13-12+,21-18+/t22-,23+,24-,25?,26+,27+,29-,30-,32?,33-,34-,35?,36-,37+,38?,39+,40-/m1/s1. The maximum atomic E-state index is 13.6. The molecular weight excluding hydrogens is 718 g/mol. The van der Waals surface area contributed by atoms with Crippen LogP contribution < -0.4 is 0 Å². The summed E-state index contributed by atoms with van der Waals surface area (Å²) in [6.07, 6.45) is -4.33. The van der Waals surface area contributed by atoms with Crippen LogP contribution in [-0.2, 0) is 47.5 Å². The molecule has 0 aromatic rings. The molecule has 17 atom stereocenters. The molecule has 3 aliphatic heterocycles. The largest absolute Gasteiger partial charge is 0.462 e. The predicted octanol–water partition coefficient (Wildman–Crippen LogP) is 1.95. The molecule has 0 bridgehead atoms. The van der Waals surface area contributed by atoms with E-state index in [0.29, 0.717) is 12.8 Å². The molecule has 3 heterocycles. The molecule has 0 aliphatic carbocycles. The number of carbonyl (C=O) groups is 3. The van der Waals surface area contributed by atoms with Crippen LogP contribution in [-0.4, -0.2) is 158 Å². The number of hydrogen-bond donors (Lipinski definition) is 4. The van der Waals surface area contributed by atoms with E-state index in [1.165, 1.54) is 20.3 Å². The van der Waals surface area contributed by atoms with Gasteiger partial charge in [-0.25, -0.2) is 0 Å². The van der Waals surface area contributed by atoms with Gasteiger partial charge in [0.05, 0.1) is 49.6 Å². The lowest BCUT2D eigenvalue weighted by atomic mass is 9.79. The van der Waals surface area contributed by atoms with Crippen LogP contribution in [0.1, 0.15) is 73.6 Å². The number of ketones is 1. The molecule has 316 valence electrons. The quantitative estimate of drug-likeness (QED) is 0.165. The predicted molar refractivity (Wildman–Crippen MR) is 201 cm³/mol. The van der Waals surface area contributed by atoms with E-state index in [1.807, 2.05) is 19.9 Å². The van der Waals surface area contributed by atoms with Gasteiger partial charge in [-0.1, -0.05) is 38.5 Å². The Hall–Kier alpha value is -2.15. The summed E-state index contributed by atoms with van der Waals surface area (Å²) in [5.41, 5.74) is 0.751. The van der Waals surface area contributed by atoms with Gasteiger partial charge in [0.15, 0.2) is 18.4 Å². The maximum Gasteiger partial charge on any atom is 0.308 e. The number of allylic oxidation sites excluding steroid dienone is 3. The van der Waals surface area contributed by atoms with Gasteiger partial charge in [0.2, 0.25) is 0 Å². The van der Waals surface area contributed by atoms with Gasteiger partial charge in [-0.15, -0.1) is 0 Å². The molecule has 0 spiro atoms. The third kappa shape index (κ3) is 12.4. The number of ether oxygens (including phenoxy) is 7. The van der Waals surface area contributed by atoms with Crippen LogP contribution in [0.2, 0.25) is 0 Å². The molecule has 15 heteroatoms. The van der Waals surface area contributed by atoms with Crippen molar-refractivity contribution in [2.75, 3.05) is 34.9 Å². The minimum atomic E-state index is -1.30. The Morgan fingerprint density at radius 2 is 1.53 bits per heavy atom. The average Bonchev–Trinajstić information content (AvgIpc) is 3.13. The second-order valence-corrected chi connectivity index (χ2v) is 15.7. The van der Waals surface area contributed by atoms with E-state index in [9.17, 15) is 34.8 Å². The highest BCUT2D eigenvalue weighted by Crippen LogP contribution is 2.35. The zero-order valence-corrected chi connectivity index (χ0v) is 34.2. The molecule has 2 saturated heterocycles. The van der Waals surface area contributed by atoms with Crippen LogP contribution in [0.3, 0.4) is 0 Å². The van der Waals surface area contributed by atoms with Crippen molar-refractivity contribution in [1.29, 1.82) is 0 Å². The molecule has 3 rings (SSSR count). The fourth-order valence-electron chi connectivity index (χ4n) is 7.99. The monoisotopic (exact) mass is 785 g/mol. The van der Waals surface area contributed by atoms with Gasteiger partial charge in [-0.2, -0.15) is 0 Å². The van der Waals surface area contributed by atoms with Crippen molar-refractivity contribution < 1.29 is 68.0 Å². The third-order valence-electron chi connectivity index (χ3n) is 11.4. The van der Waals surface area contributed by atoms with Gasteiger partial charge in [0, 0.05) is 38.4 Å². The second kappa shape index (κ2) is 22.1. The van der Waals surface area contributed by atoms with Gasteiger partial charge in [0.25, 0.3) is 0 Å². The fraction of sp³-hybridized carbons (Fsp3) is 0.825. The summed E-state index contributed by atoms with van der Waals surface area (Å²) in [6, 6.07) is -0.735. The van der Waals surface area contributed by atoms with Crippen molar-refractivity contribution in [2.45, 2.75) is 153 Å². The SMILES string of the molecule is CC[C@H]1OC(=O)C[C@@H](O)[C@H](C)[C@@H](O[C@@H]2O[C@H](C)[C@@H](O)C(N(C)C)C2O)[C@@H](CC=O)C[C@@H](C)C(=O)/C=C/C(C)=C/[C@@H]1CCO[C@@H]1OC(C)[C@@H](O)[C@H](OC)C1OC. The Morgan fingerprint density at radius 3 is 2.13 bits per heavy atom. The van der Waals surface area contributed by atoms with E-state index in [1.54, 1.807) is 52.8 Å². The number of hydrogen-bond acceptors (Lipinski definition) is 15. The smallest absolute Gasteiger partial charge is 0.308 e. The van der Waals surface area contributed by atoms with Crippen LogP contribution in [0.4, 0.5) is 0 Å². The number of aldehydes is 1. The molecule has 15 nitrogen and oxygen atoms in total. The Kier molecular flexibility index (Phi) is 19.0. The van der Waals surface area contributed by atoms with Crippen LogP contribution >= 0.6 is 0 Å². The average molecular weight is 786 g/mol. The Labute approximate surface area is 326 Å². The summed E-state index contributed by atoms with van der Waals surface area (Å²) in [7, 11) is 6.41. The molecule has 0 saturated carbocycles. The topological polar surface area (TPSA) is 200 Å². The Morgan fingerprint density at radius 1 is 0.891 bits per heavy atom. The first kappa shape index (κ1) is 47.2. The zero-order chi connectivity index (χ0) is 41.1. The van der Waals surface area contributed by atoms with Gasteiger partial charge >= 0.3 is 5.97 Å². The van der Waals surface area contributed by atoms with Crippen molar-refractivity contribution in [3.63, 3.8) is 0 Å². The van der Waals surface area contributed by atoms with Crippen molar-refractivity contribution in [1.82, 2.24) is 4.90 Å². The van der Waals surface area contributed by atoms with Crippen molar-refractivity contribution in [3.05, 3.63) is 23.8 Å². The first-order valence-corrected chi connectivity index (χ1v) is 19.5. The highest BCUT2D eigenvalue weighted by molar-refractivity contribution is 5.91. The zero-order valence-electron chi connectivity index (χ0n) is 34.2. The normalized spacial score (nSPS) is 43.0. The van der Waals surface area contributed by atoms with E-state index < -0.39 is 103 Å². The summed E-state index contributed by atoms with van der Waals surface area (Å²) >= 11 is 0. The lowest BCUT2D eigenvalue weighted by Gasteiger charge is -2.46. The van der Waals surface area contributed by atoms with Crippen LogP contribution in [0.5, 0.6) is 0 Å². The number of aliphatic hydroxyl groups is 4. The molecule has 4 N–H and O–H groups in total. The van der Waals surface area contributed by atoms with E-state index >= 15 is 0 Å². The molecule has 0 aromatic carbocycles. The van der Waals surface area contributed by atoms with Gasteiger partial charge in [0.1, 0.15) is 36.8 Å². The maximum absolute atomic E-state index is 13.6. The summed E-state index contributed by atoms with van der Waals surface area (Å²) in [6.45, 7) is 10.7. The highest BCUT2D eigenvalue weighted by Gasteiger charge is 2.48. The molecule has 0 aromatic heterocycles. The summed E-state index contributed by atoms with van der Waals surface area (Å²) in [4.78, 5) is 40.8. The minimum absolute atomic E-state index is 0.0190. The number of rotatable bonds is 12. The molecule has 0 amide bonds. The first-order chi connectivity index (χ1) is 26.0. The fourth-order valence-corrected chi connectivity index (χ4v) is 7.99. The molecular formula is C40H67NO14. The molecule has 2 fully saturated rings. The summed E-state index contributed by atoms with van der Waals surface area (Å²) in [5, 5.41) is 44.2. The van der Waals surface area contributed by atoms with Crippen molar-refractivity contribution in [2.24, 2.45) is 23.7 Å². The minimum Gasteiger partial charge on any atom is -0.462 e.